The predicted molar refractivity (Wildman–Crippen MR) is 191 cm³/mol. The quantitative estimate of drug-likeness (QED) is 0.191. The van der Waals surface area contributed by atoms with Crippen LogP contribution in [-0.2, 0) is 6.42 Å². The Hall–Kier alpha value is -2.32. The third kappa shape index (κ3) is 13.0. The molecule has 2 heteroatoms. The molecular weight excluding hydrogens is 515 g/mol. The zero-order valence-corrected chi connectivity index (χ0v) is 28.7. The highest BCUT2D eigenvalue weighted by Gasteiger charge is 2.18. The number of hydrogen-bond donors (Lipinski definition) is 1. The zero-order valence-electron chi connectivity index (χ0n) is 27.8. The standard InChI is InChI=1S/C19H27NS.C11H12.C9H20/c1-13-9-7-8-10-18(13)17(5)16(4)14(2)11-15(3)19(21)12-20-6;1-2-9-7-10-5-3-4-6-11(10)8-9;1-4-7-9(6-3)8-5-2/h7-10,12,14,16,21H,5,11H2,1-4,6H3;3-7H,2,8H2,1H3;9H,4-8H2,1-3H3/b19-15+,20-12?;;. The van der Waals surface area contributed by atoms with Crippen molar-refractivity contribution in [1.29, 1.82) is 0 Å². The molecule has 0 amide bonds. The summed E-state index contributed by atoms with van der Waals surface area (Å²) in [6, 6.07) is 17.1. The van der Waals surface area contributed by atoms with Crippen molar-refractivity contribution in [3.8, 4) is 0 Å². The first-order valence-electron chi connectivity index (χ1n) is 16.0. The number of hydrogen-bond acceptors (Lipinski definition) is 2. The SMILES string of the molecule is C=C(c1ccccc1C)C(C)C(C)C/C(C)=C(/S)C=NC.CCC1=Cc2ccccc2C1.CCCC(CC)CCC. The number of aryl methyl sites for hydroxylation is 1. The third-order valence-electron chi connectivity index (χ3n) is 8.47. The van der Waals surface area contributed by atoms with E-state index >= 15 is 0 Å². The minimum absolute atomic E-state index is 0.431. The molecular formula is C39H59NS. The summed E-state index contributed by atoms with van der Waals surface area (Å²) in [4.78, 5) is 5.00. The first kappa shape index (κ1) is 36.7. The average molecular weight is 574 g/mol. The van der Waals surface area contributed by atoms with Crippen LogP contribution in [-0.4, -0.2) is 13.3 Å². The summed E-state index contributed by atoms with van der Waals surface area (Å²) in [7, 11) is 1.77. The summed E-state index contributed by atoms with van der Waals surface area (Å²) < 4.78 is 0. The zero-order chi connectivity index (χ0) is 30.8. The molecule has 226 valence electrons. The minimum atomic E-state index is 0.431. The second-order valence-electron chi connectivity index (χ2n) is 11.7. The van der Waals surface area contributed by atoms with E-state index in [0.717, 1.165) is 17.2 Å². The Labute approximate surface area is 259 Å². The van der Waals surface area contributed by atoms with Crippen molar-refractivity contribution in [2.45, 2.75) is 107 Å². The number of rotatable bonds is 12. The fourth-order valence-corrected chi connectivity index (χ4v) is 5.67. The molecule has 2 aromatic carbocycles. The molecule has 0 spiro atoms. The Morgan fingerprint density at radius 3 is 2.12 bits per heavy atom. The third-order valence-corrected chi connectivity index (χ3v) is 8.97. The van der Waals surface area contributed by atoms with Crippen LogP contribution in [0.2, 0.25) is 0 Å². The normalized spacial score (nSPS) is 14.3. The Morgan fingerprint density at radius 1 is 0.976 bits per heavy atom. The second kappa shape index (κ2) is 20.5. The van der Waals surface area contributed by atoms with E-state index in [-0.39, 0.29) is 0 Å². The first-order chi connectivity index (χ1) is 19.6. The lowest BCUT2D eigenvalue weighted by Gasteiger charge is -2.24. The smallest absolute Gasteiger partial charge is 0.0341 e. The number of thiol groups is 1. The molecule has 0 saturated carbocycles. The van der Waals surface area contributed by atoms with Crippen LogP contribution in [0.3, 0.4) is 0 Å². The molecule has 2 aromatic rings. The highest BCUT2D eigenvalue weighted by molar-refractivity contribution is 7.85. The number of fused-ring (bicyclic) bond motifs is 1. The highest BCUT2D eigenvalue weighted by Crippen LogP contribution is 2.33. The lowest BCUT2D eigenvalue weighted by molar-refractivity contribution is 0.427. The van der Waals surface area contributed by atoms with Crippen LogP contribution < -0.4 is 0 Å². The van der Waals surface area contributed by atoms with Gasteiger partial charge in [-0.3, -0.25) is 4.99 Å². The summed E-state index contributed by atoms with van der Waals surface area (Å²) in [5.74, 6) is 1.96. The fourth-order valence-electron chi connectivity index (χ4n) is 5.47. The van der Waals surface area contributed by atoms with Crippen molar-refractivity contribution < 1.29 is 0 Å². The van der Waals surface area contributed by atoms with Gasteiger partial charge in [0, 0.05) is 18.2 Å². The van der Waals surface area contributed by atoms with Crippen LogP contribution in [0.15, 0.2) is 76.2 Å². The maximum atomic E-state index is 4.49. The van der Waals surface area contributed by atoms with Crippen LogP contribution in [0, 0.1) is 24.7 Å². The van der Waals surface area contributed by atoms with Crippen LogP contribution >= 0.6 is 12.6 Å². The Kier molecular flexibility index (Phi) is 18.4. The molecule has 2 unspecified atom stereocenters. The number of aliphatic imine (C=N–C) groups is 1. The van der Waals surface area contributed by atoms with Gasteiger partial charge in [-0.2, -0.15) is 0 Å². The van der Waals surface area contributed by atoms with E-state index in [1.54, 1.807) is 12.6 Å². The molecule has 3 rings (SSSR count). The average Bonchev–Trinajstić information content (AvgIpc) is 3.41. The van der Waals surface area contributed by atoms with Gasteiger partial charge in [0.05, 0.1) is 0 Å². The summed E-state index contributed by atoms with van der Waals surface area (Å²) in [6.07, 6.45) is 14.5. The molecule has 1 aliphatic rings. The van der Waals surface area contributed by atoms with Gasteiger partial charge in [-0.1, -0.05) is 146 Å². The van der Waals surface area contributed by atoms with Crippen molar-refractivity contribution in [3.63, 3.8) is 0 Å². The van der Waals surface area contributed by atoms with Crippen LogP contribution in [0.4, 0.5) is 0 Å². The molecule has 0 saturated heterocycles. The number of nitrogens with zero attached hydrogens (tertiary/aromatic N) is 1. The van der Waals surface area contributed by atoms with Crippen LogP contribution in [0.1, 0.15) is 116 Å². The first-order valence-corrected chi connectivity index (χ1v) is 16.4. The van der Waals surface area contributed by atoms with Crippen molar-refractivity contribution >= 4 is 30.5 Å². The van der Waals surface area contributed by atoms with Crippen molar-refractivity contribution in [3.05, 3.63) is 93.4 Å². The second-order valence-corrected chi connectivity index (χ2v) is 12.2. The lowest BCUT2D eigenvalue weighted by atomic mass is 9.81. The van der Waals surface area contributed by atoms with Crippen LogP contribution in [0.25, 0.3) is 11.6 Å². The predicted octanol–water partition coefficient (Wildman–Crippen LogP) is 12.2. The molecule has 2 atom stereocenters. The number of benzene rings is 2. The topological polar surface area (TPSA) is 12.4 Å². The summed E-state index contributed by atoms with van der Waals surface area (Å²) in [5.41, 5.74) is 9.54. The Bertz CT molecular complexity index is 1130. The van der Waals surface area contributed by atoms with Gasteiger partial charge in [-0.25, -0.2) is 0 Å². The minimum Gasteiger partial charge on any atom is -0.295 e. The molecule has 1 aliphatic carbocycles. The fraction of sp³-hybridized carbons (Fsp3) is 0.513. The highest BCUT2D eigenvalue weighted by atomic mass is 32.1. The molecule has 41 heavy (non-hydrogen) atoms. The molecule has 0 heterocycles. The molecule has 0 aliphatic heterocycles. The Balaban J connectivity index is 0.000000348. The van der Waals surface area contributed by atoms with E-state index in [4.69, 9.17) is 0 Å². The largest absolute Gasteiger partial charge is 0.295 e. The van der Waals surface area contributed by atoms with Gasteiger partial charge in [-0.05, 0) is 78.7 Å². The van der Waals surface area contributed by atoms with E-state index in [1.807, 2.05) is 6.21 Å². The van der Waals surface area contributed by atoms with Gasteiger partial charge < -0.3 is 0 Å². The summed E-state index contributed by atoms with van der Waals surface area (Å²) in [5, 5.41) is 0. The van der Waals surface area contributed by atoms with Gasteiger partial charge in [0.25, 0.3) is 0 Å². The van der Waals surface area contributed by atoms with E-state index in [2.05, 4.69) is 134 Å². The van der Waals surface area contributed by atoms with Crippen molar-refractivity contribution in [1.82, 2.24) is 0 Å². The van der Waals surface area contributed by atoms with E-state index in [0.29, 0.717) is 11.8 Å². The maximum Gasteiger partial charge on any atom is 0.0341 e. The molecule has 0 aromatic heterocycles. The summed E-state index contributed by atoms with van der Waals surface area (Å²) in [6.45, 7) is 22.2. The molecule has 1 nitrogen and oxygen atoms in total. The molecule has 0 fully saturated rings. The van der Waals surface area contributed by atoms with Gasteiger partial charge in [-0.15, -0.1) is 12.6 Å². The lowest BCUT2D eigenvalue weighted by Crippen LogP contribution is -2.11. The van der Waals surface area contributed by atoms with E-state index < -0.39 is 0 Å². The van der Waals surface area contributed by atoms with E-state index in [9.17, 15) is 0 Å². The van der Waals surface area contributed by atoms with Gasteiger partial charge in [0.15, 0.2) is 0 Å². The summed E-state index contributed by atoms with van der Waals surface area (Å²) >= 11 is 4.49. The van der Waals surface area contributed by atoms with Crippen molar-refractivity contribution in [2.24, 2.45) is 22.7 Å². The molecule has 0 bridgehead atoms. The van der Waals surface area contributed by atoms with E-state index in [1.165, 1.54) is 78.3 Å². The van der Waals surface area contributed by atoms with Crippen molar-refractivity contribution in [2.75, 3.05) is 7.05 Å². The van der Waals surface area contributed by atoms with Gasteiger partial charge >= 0.3 is 0 Å². The number of allylic oxidation sites excluding steroid dienone is 4. The molecule has 0 radical (unpaired) electrons. The molecule has 0 N–H and O–H groups in total. The van der Waals surface area contributed by atoms with Crippen LogP contribution in [0.5, 0.6) is 0 Å². The maximum absolute atomic E-state index is 4.49. The van der Waals surface area contributed by atoms with Gasteiger partial charge in [0.2, 0.25) is 0 Å². The Morgan fingerprint density at radius 2 is 1.59 bits per heavy atom. The van der Waals surface area contributed by atoms with Gasteiger partial charge in [0.1, 0.15) is 0 Å². The monoisotopic (exact) mass is 573 g/mol.